The predicted octanol–water partition coefficient (Wildman–Crippen LogP) is -0.500. The Morgan fingerprint density at radius 2 is 2.27 bits per heavy atom. The summed E-state index contributed by atoms with van der Waals surface area (Å²) in [7, 11) is 4.05. The van der Waals surface area contributed by atoms with Crippen molar-refractivity contribution in [2.45, 2.75) is 12.5 Å². The number of likely N-dealkylation sites (tertiary alicyclic amines) is 1. The van der Waals surface area contributed by atoms with Crippen LogP contribution < -0.4 is 10.6 Å². The largest absolute Gasteiger partial charge is 0.318 e. The van der Waals surface area contributed by atoms with E-state index in [1.807, 2.05) is 14.1 Å². The van der Waals surface area contributed by atoms with Gasteiger partial charge in [0.1, 0.15) is 0 Å². The van der Waals surface area contributed by atoms with Gasteiger partial charge in [-0.15, -0.1) is 0 Å². The Balaban J connectivity index is 2.09. The molecule has 0 saturated carbocycles. The molecule has 0 aromatic rings. The van der Waals surface area contributed by atoms with Gasteiger partial charge in [0.25, 0.3) is 0 Å². The Morgan fingerprint density at radius 3 is 2.82 bits per heavy atom. The number of likely N-dealkylation sites (N-methyl/N-ethyl adjacent to an activating group) is 2. The molecular formula is C8H19N3. The van der Waals surface area contributed by atoms with Crippen LogP contribution in [-0.4, -0.2) is 51.2 Å². The Morgan fingerprint density at radius 1 is 1.45 bits per heavy atom. The average molecular weight is 157 g/mol. The molecule has 0 aliphatic carbocycles. The van der Waals surface area contributed by atoms with Crippen LogP contribution in [0, 0.1) is 0 Å². The van der Waals surface area contributed by atoms with Crippen LogP contribution in [0.3, 0.4) is 0 Å². The van der Waals surface area contributed by atoms with Crippen LogP contribution >= 0.6 is 0 Å². The molecule has 1 rings (SSSR count). The fraction of sp³-hybridized carbons (Fsp3) is 1.00. The molecule has 1 heterocycles. The fourth-order valence-electron chi connectivity index (χ4n) is 1.54. The van der Waals surface area contributed by atoms with Crippen molar-refractivity contribution in [2.24, 2.45) is 0 Å². The quantitative estimate of drug-likeness (QED) is 0.576. The van der Waals surface area contributed by atoms with Gasteiger partial charge >= 0.3 is 0 Å². The molecule has 3 nitrogen and oxygen atoms in total. The molecule has 1 unspecified atom stereocenters. The maximum atomic E-state index is 3.31. The molecule has 3 heteroatoms. The second kappa shape index (κ2) is 4.70. The zero-order valence-electron chi connectivity index (χ0n) is 7.56. The summed E-state index contributed by atoms with van der Waals surface area (Å²) >= 11 is 0. The minimum atomic E-state index is 0.729. The first-order valence-corrected chi connectivity index (χ1v) is 4.41. The van der Waals surface area contributed by atoms with Crippen LogP contribution in [0.1, 0.15) is 6.42 Å². The molecule has 66 valence electrons. The standard InChI is InChI=1S/C8H19N3/c1-9-4-6-11-5-3-8(7-11)10-2/h8-10H,3-7H2,1-2H3. The van der Waals surface area contributed by atoms with Crippen LogP contribution in [0.25, 0.3) is 0 Å². The third-order valence-corrected chi connectivity index (χ3v) is 2.36. The van der Waals surface area contributed by atoms with Gasteiger partial charge in [0.05, 0.1) is 0 Å². The lowest BCUT2D eigenvalue weighted by Crippen LogP contribution is -2.33. The number of hydrogen-bond donors (Lipinski definition) is 2. The highest BCUT2D eigenvalue weighted by Crippen LogP contribution is 2.06. The summed E-state index contributed by atoms with van der Waals surface area (Å²) < 4.78 is 0. The van der Waals surface area contributed by atoms with Crippen LogP contribution in [0.5, 0.6) is 0 Å². The fourth-order valence-corrected chi connectivity index (χ4v) is 1.54. The van der Waals surface area contributed by atoms with Crippen molar-refractivity contribution in [3.05, 3.63) is 0 Å². The Bertz CT molecular complexity index is 106. The van der Waals surface area contributed by atoms with Gasteiger partial charge in [-0.3, -0.25) is 0 Å². The first-order valence-electron chi connectivity index (χ1n) is 4.41. The topological polar surface area (TPSA) is 27.3 Å². The molecule has 2 N–H and O–H groups in total. The van der Waals surface area contributed by atoms with Gasteiger partial charge in [0.2, 0.25) is 0 Å². The minimum absolute atomic E-state index is 0.729. The number of nitrogens with one attached hydrogen (secondary N) is 2. The summed E-state index contributed by atoms with van der Waals surface area (Å²) in [5, 5.41) is 6.47. The highest BCUT2D eigenvalue weighted by molar-refractivity contribution is 4.79. The summed E-state index contributed by atoms with van der Waals surface area (Å²) in [5.41, 5.74) is 0. The minimum Gasteiger partial charge on any atom is -0.318 e. The average Bonchev–Trinajstić information content (AvgIpc) is 2.48. The third-order valence-electron chi connectivity index (χ3n) is 2.36. The van der Waals surface area contributed by atoms with E-state index in [1.54, 1.807) is 0 Å². The Hall–Kier alpha value is -0.120. The molecule has 1 fully saturated rings. The molecule has 0 spiro atoms. The maximum Gasteiger partial charge on any atom is 0.0204 e. The molecule has 0 radical (unpaired) electrons. The SMILES string of the molecule is CNCCN1CCC(NC)C1. The van der Waals surface area contributed by atoms with Gasteiger partial charge in [-0.2, -0.15) is 0 Å². The van der Waals surface area contributed by atoms with Gasteiger partial charge < -0.3 is 15.5 Å². The normalized spacial score (nSPS) is 26.2. The lowest BCUT2D eigenvalue weighted by atomic mass is 10.3. The van der Waals surface area contributed by atoms with Crippen molar-refractivity contribution in [3.63, 3.8) is 0 Å². The predicted molar refractivity (Wildman–Crippen MR) is 47.8 cm³/mol. The monoisotopic (exact) mass is 157 g/mol. The molecule has 1 aliphatic heterocycles. The van der Waals surface area contributed by atoms with Gasteiger partial charge in [0, 0.05) is 25.7 Å². The van der Waals surface area contributed by atoms with Crippen LogP contribution in [0.2, 0.25) is 0 Å². The van der Waals surface area contributed by atoms with Gasteiger partial charge in [0.15, 0.2) is 0 Å². The van der Waals surface area contributed by atoms with Crippen LogP contribution in [-0.2, 0) is 0 Å². The summed E-state index contributed by atoms with van der Waals surface area (Å²) in [4.78, 5) is 2.50. The van der Waals surface area contributed by atoms with E-state index in [2.05, 4.69) is 15.5 Å². The van der Waals surface area contributed by atoms with Crippen molar-refractivity contribution in [3.8, 4) is 0 Å². The molecule has 11 heavy (non-hydrogen) atoms. The molecular weight excluding hydrogens is 138 g/mol. The van der Waals surface area contributed by atoms with Crippen molar-refractivity contribution in [1.29, 1.82) is 0 Å². The van der Waals surface area contributed by atoms with Crippen molar-refractivity contribution in [1.82, 2.24) is 15.5 Å². The van der Waals surface area contributed by atoms with E-state index >= 15 is 0 Å². The summed E-state index contributed by atoms with van der Waals surface area (Å²) in [6, 6.07) is 0.729. The van der Waals surface area contributed by atoms with E-state index in [9.17, 15) is 0 Å². The van der Waals surface area contributed by atoms with Gasteiger partial charge in [-0.05, 0) is 27.1 Å². The molecule has 1 aliphatic rings. The van der Waals surface area contributed by atoms with E-state index in [-0.39, 0.29) is 0 Å². The molecule has 0 aromatic heterocycles. The van der Waals surface area contributed by atoms with E-state index < -0.39 is 0 Å². The van der Waals surface area contributed by atoms with Crippen molar-refractivity contribution < 1.29 is 0 Å². The molecule has 0 amide bonds. The Labute approximate surface area is 69.1 Å². The lowest BCUT2D eigenvalue weighted by molar-refractivity contribution is 0.331. The first-order chi connectivity index (χ1) is 5.36. The van der Waals surface area contributed by atoms with Gasteiger partial charge in [-0.25, -0.2) is 0 Å². The summed E-state index contributed by atoms with van der Waals surface area (Å²) in [5.74, 6) is 0. The van der Waals surface area contributed by atoms with Crippen LogP contribution in [0.15, 0.2) is 0 Å². The lowest BCUT2D eigenvalue weighted by Gasteiger charge is -2.14. The first kappa shape index (κ1) is 8.97. The third kappa shape index (κ3) is 2.77. The maximum absolute atomic E-state index is 3.31. The molecule has 0 bridgehead atoms. The van der Waals surface area contributed by atoms with E-state index in [4.69, 9.17) is 0 Å². The zero-order valence-corrected chi connectivity index (χ0v) is 7.56. The molecule has 1 atom stereocenters. The summed E-state index contributed by atoms with van der Waals surface area (Å²) in [6.45, 7) is 4.77. The molecule has 0 aromatic carbocycles. The van der Waals surface area contributed by atoms with E-state index in [1.165, 1.54) is 26.1 Å². The number of nitrogens with zero attached hydrogens (tertiary/aromatic N) is 1. The highest BCUT2D eigenvalue weighted by Gasteiger charge is 2.19. The van der Waals surface area contributed by atoms with E-state index in [0.717, 1.165) is 12.6 Å². The zero-order chi connectivity index (χ0) is 8.10. The highest BCUT2D eigenvalue weighted by atomic mass is 15.2. The van der Waals surface area contributed by atoms with Gasteiger partial charge in [-0.1, -0.05) is 0 Å². The second-order valence-electron chi connectivity index (χ2n) is 3.18. The molecule has 1 saturated heterocycles. The number of rotatable bonds is 4. The summed E-state index contributed by atoms with van der Waals surface area (Å²) in [6.07, 6.45) is 1.31. The van der Waals surface area contributed by atoms with Crippen molar-refractivity contribution >= 4 is 0 Å². The smallest absolute Gasteiger partial charge is 0.0204 e. The second-order valence-corrected chi connectivity index (χ2v) is 3.18. The Kier molecular flexibility index (Phi) is 3.83. The number of hydrogen-bond acceptors (Lipinski definition) is 3. The van der Waals surface area contributed by atoms with E-state index in [0.29, 0.717) is 0 Å². The van der Waals surface area contributed by atoms with Crippen molar-refractivity contribution in [2.75, 3.05) is 40.3 Å². The van der Waals surface area contributed by atoms with Crippen LogP contribution in [0.4, 0.5) is 0 Å².